The molecule has 0 spiro atoms. The van der Waals surface area contributed by atoms with E-state index in [1.54, 1.807) is 25.0 Å². The number of hydrogen-bond donors (Lipinski definition) is 0. The molecule has 3 aromatic rings. The Bertz CT molecular complexity index is 1080. The Labute approximate surface area is 151 Å². The highest BCUT2D eigenvalue weighted by atomic mass is 16.2. The van der Waals surface area contributed by atoms with Crippen molar-refractivity contribution < 1.29 is 0 Å². The van der Waals surface area contributed by atoms with Gasteiger partial charge in [-0.15, -0.1) is 0 Å². The molecule has 0 atom stereocenters. The van der Waals surface area contributed by atoms with Gasteiger partial charge in [0, 0.05) is 39.4 Å². The van der Waals surface area contributed by atoms with Crippen LogP contribution in [0.15, 0.2) is 40.2 Å². The van der Waals surface area contributed by atoms with E-state index in [1.165, 1.54) is 20.4 Å². The van der Waals surface area contributed by atoms with Crippen LogP contribution in [0.3, 0.4) is 0 Å². The van der Waals surface area contributed by atoms with Gasteiger partial charge in [0.25, 0.3) is 5.56 Å². The molecule has 0 bridgehead atoms. The minimum atomic E-state index is -0.305. The summed E-state index contributed by atoms with van der Waals surface area (Å²) in [5.74, 6) is 0. The van der Waals surface area contributed by atoms with Crippen LogP contribution in [0.25, 0.3) is 11.2 Å². The molecule has 0 saturated heterocycles. The van der Waals surface area contributed by atoms with Gasteiger partial charge in [-0.3, -0.25) is 13.9 Å². The summed E-state index contributed by atoms with van der Waals surface area (Å²) in [6.45, 7) is 2.26. The number of imidazole rings is 1. The second-order valence-electron chi connectivity index (χ2n) is 6.90. The molecule has 7 heteroatoms. The topological polar surface area (TPSA) is 65.1 Å². The molecule has 1 aromatic carbocycles. The van der Waals surface area contributed by atoms with E-state index < -0.39 is 0 Å². The van der Waals surface area contributed by atoms with Crippen LogP contribution in [0.4, 0.5) is 5.69 Å². The van der Waals surface area contributed by atoms with Crippen LogP contribution in [0.1, 0.15) is 18.4 Å². The number of fused-ring (bicyclic) bond motifs is 2. The molecule has 0 radical (unpaired) electrons. The highest BCUT2D eigenvalue weighted by molar-refractivity contribution is 5.69. The largest absolute Gasteiger partial charge is 0.371 e. The fourth-order valence-corrected chi connectivity index (χ4v) is 3.86. The lowest BCUT2D eigenvalue weighted by Gasteiger charge is -2.31. The van der Waals surface area contributed by atoms with Crippen molar-refractivity contribution in [2.45, 2.75) is 25.8 Å². The smallest absolute Gasteiger partial charge is 0.332 e. The maximum atomic E-state index is 12.7. The molecule has 4 rings (SSSR count). The van der Waals surface area contributed by atoms with Crippen molar-refractivity contribution in [2.75, 3.05) is 18.0 Å². The normalized spacial score (nSPS) is 14.0. The van der Waals surface area contributed by atoms with E-state index in [0.717, 1.165) is 32.4 Å². The zero-order valence-electron chi connectivity index (χ0n) is 15.2. The van der Waals surface area contributed by atoms with Crippen LogP contribution in [0, 0.1) is 0 Å². The van der Waals surface area contributed by atoms with E-state index >= 15 is 0 Å². The number of anilines is 1. The number of rotatable bonds is 4. The summed E-state index contributed by atoms with van der Waals surface area (Å²) in [6.07, 6.45) is 4.57. The highest BCUT2D eigenvalue weighted by Crippen LogP contribution is 2.26. The van der Waals surface area contributed by atoms with Crippen molar-refractivity contribution in [1.82, 2.24) is 18.7 Å². The molecule has 0 unspecified atom stereocenters. The van der Waals surface area contributed by atoms with Gasteiger partial charge in [-0.05, 0) is 30.9 Å². The predicted molar refractivity (Wildman–Crippen MR) is 102 cm³/mol. The van der Waals surface area contributed by atoms with Gasteiger partial charge in [0.05, 0.1) is 6.33 Å². The molecular weight excluding hydrogens is 330 g/mol. The number of aromatic nitrogens is 4. The van der Waals surface area contributed by atoms with Gasteiger partial charge in [0.15, 0.2) is 11.2 Å². The molecule has 3 heterocycles. The number of hydrogen-bond acceptors (Lipinski definition) is 4. The molecule has 0 N–H and O–H groups in total. The van der Waals surface area contributed by atoms with Crippen LogP contribution in [0.2, 0.25) is 0 Å². The van der Waals surface area contributed by atoms with Crippen molar-refractivity contribution in [2.24, 2.45) is 14.1 Å². The van der Waals surface area contributed by atoms with Gasteiger partial charge in [0.2, 0.25) is 0 Å². The minimum Gasteiger partial charge on any atom is -0.371 e. The first-order valence-electron chi connectivity index (χ1n) is 9.01. The Morgan fingerprint density at radius 1 is 1.12 bits per heavy atom. The molecule has 26 heavy (non-hydrogen) atoms. The lowest BCUT2D eigenvalue weighted by Crippen LogP contribution is -2.40. The summed E-state index contributed by atoms with van der Waals surface area (Å²) in [5.41, 5.74) is 2.99. The third-order valence-corrected chi connectivity index (χ3v) is 5.22. The predicted octanol–water partition coefficient (Wildman–Crippen LogP) is 1.28. The maximum Gasteiger partial charge on any atom is 0.332 e. The summed E-state index contributed by atoms with van der Waals surface area (Å²) in [4.78, 5) is 31.8. The summed E-state index contributed by atoms with van der Waals surface area (Å²) < 4.78 is 4.46. The fourth-order valence-electron chi connectivity index (χ4n) is 3.86. The molecule has 0 fully saturated rings. The van der Waals surface area contributed by atoms with E-state index in [1.807, 2.05) is 0 Å². The first-order chi connectivity index (χ1) is 12.6. The average molecular weight is 353 g/mol. The van der Waals surface area contributed by atoms with Crippen LogP contribution < -0.4 is 16.1 Å². The fraction of sp³-hybridized carbons (Fsp3) is 0.421. The number of nitrogens with zero attached hydrogens (tertiary/aromatic N) is 5. The minimum absolute atomic E-state index is 0.262. The van der Waals surface area contributed by atoms with Gasteiger partial charge in [-0.2, -0.15) is 0 Å². The average Bonchev–Trinajstić information content (AvgIpc) is 3.05. The second-order valence-corrected chi connectivity index (χ2v) is 6.90. The monoisotopic (exact) mass is 353 g/mol. The van der Waals surface area contributed by atoms with Crippen molar-refractivity contribution in [1.29, 1.82) is 0 Å². The zero-order valence-corrected chi connectivity index (χ0v) is 15.2. The maximum absolute atomic E-state index is 12.7. The first kappa shape index (κ1) is 16.6. The summed E-state index contributed by atoms with van der Waals surface area (Å²) in [6, 6.07) is 8.47. The van der Waals surface area contributed by atoms with E-state index in [4.69, 9.17) is 0 Å². The Morgan fingerprint density at radius 3 is 2.77 bits per heavy atom. The molecule has 2 aromatic heterocycles. The third kappa shape index (κ3) is 2.64. The number of benzene rings is 1. The van der Waals surface area contributed by atoms with E-state index in [9.17, 15) is 9.59 Å². The summed E-state index contributed by atoms with van der Waals surface area (Å²) >= 11 is 0. The first-order valence-corrected chi connectivity index (χ1v) is 9.01. The molecule has 1 aliphatic rings. The van der Waals surface area contributed by atoms with Gasteiger partial charge >= 0.3 is 5.69 Å². The number of para-hydroxylation sites is 1. The van der Waals surface area contributed by atoms with Crippen LogP contribution >= 0.6 is 0 Å². The van der Waals surface area contributed by atoms with Gasteiger partial charge in [-0.25, -0.2) is 9.78 Å². The van der Waals surface area contributed by atoms with Crippen LogP contribution in [-0.4, -0.2) is 31.8 Å². The van der Waals surface area contributed by atoms with Crippen LogP contribution in [-0.2, 0) is 27.1 Å². The summed E-state index contributed by atoms with van der Waals surface area (Å²) in [7, 11) is 3.44. The lowest BCUT2D eigenvalue weighted by molar-refractivity contribution is 0.556. The quantitative estimate of drug-likeness (QED) is 0.709. The van der Waals surface area contributed by atoms with Crippen LogP contribution in [0.5, 0.6) is 0 Å². The standard InChI is InChI=1S/C19H23N5O2/c1-21-13-20-17-16(21)18(25)24(19(26)22(17)2)12-6-11-23-10-5-8-14-7-3-4-9-15(14)23/h3-4,7,9,13H,5-6,8,10-12H2,1-2H3. The Hall–Kier alpha value is -2.83. The molecule has 7 nitrogen and oxygen atoms in total. The summed E-state index contributed by atoms with van der Waals surface area (Å²) in [5, 5.41) is 0. The SMILES string of the molecule is Cn1cnc2c1c(=O)n(CCCN1CCCc3ccccc31)c(=O)n2C. The zero-order chi connectivity index (χ0) is 18.3. The molecule has 1 aliphatic heterocycles. The third-order valence-electron chi connectivity index (χ3n) is 5.22. The molecular formula is C19H23N5O2. The van der Waals surface area contributed by atoms with E-state index in [2.05, 4.69) is 34.1 Å². The van der Waals surface area contributed by atoms with Gasteiger partial charge in [-0.1, -0.05) is 18.2 Å². The molecule has 0 amide bonds. The van der Waals surface area contributed by atoms with Crippen molar-refractivity contribution in [3.63, 3.8) is 0 Å². The Balaban J connectivity index is 1.57. The Kier molecular flexibility index (Phi) is 4.14. The van der Waals surface area contributed by atoms with Crippen molar-refractivity contribution >= 4 is 16.9 Å². The molecule has 0 saturated carbocycles. The van der Waals surface area contributed by atoms with E-state index in [0.29, 0.717) is 17.7 Å². The molecule has 136 valence electrons. The van der Waals surface area contributed by atoms with Gasteiger partial charge < -0.3 is 9.47 Å². The second kappa shape index (κ2) is 6.48. The van der Waals surface area contributed by atoms with Gasteiger partial charge in [0.1, 0.15) is 0 Å². The van der Waals surface area contributed by atoms with Crippen molar-refractivity contribution in [3.8, 4) is 0 Å². The highest BCUT2D eigenvalue weighted by Gasteiger charge is 2.17. The van der Waals surface area contributed by atoms with E-state index in [-0.39, 0.29) is 11.2 Å². The van der Waals surface area contributed by atoms with Crippen molar-refractivity contribution in [3.05, 3.63) is 57.0 Å². The number of aryl methyl sites for hydroxylation is 3. The Morgan fingerprint density at radius 2 is 1.92 bits per heavy atom. The lowest BCUT2D eigenvalue weighted by atomic mass is 10.0. The molecule has 0 aliphatic carbocycles.